The Morgan fingerprint density at radius 2 is 2.06 bits per heavy atom. The molecule has 0 aliphatic carbocycles. The Balaban J connectivity index is 2.16. The lowest BCUT2D eigenvalue weighted by atomic mass is 10.0. The van der Waals surface area contributed by atoms with Gasteiger partial charge in [0, 0.05) is 9.13 Å². The van der Waals surface area contributed by atoms with E-state index in [-0.39, 0.29) is 6.04 Å². The van der Waals surface area contributed by atoms with Gasteiger partial charge in [0.2, 0.25) is 0 Å². The third kappa shape index (κ3) is 2.96. The predicted molar refractivity (Wildman–Crippen MR) is 75.9 cm³/mol. The highest BCUT2D eigenvalue weighted by Gasteiger charge is 2.14. The first-order valence-electron chi connectivity index (χ1n) is 5.20. The fourth-order valence-corrected chi connectivity index (χ4v) is 2.06. The number of nitrogens with two attached hydrogens (primary N) is 2. The number of H-pyrrole nitrogens is 1. The minimum absolute atomic E-state index is 0.0335. The van der Waals surface area contributed by atoms with Gasteiger partial charge in [-0.25, -0.2) is 0 Å². The van der Waals surface area contributed by atoms with Crippen LogP contribution in [0.15, 0.2) is 30.5 Å². The van der Waals surface area contributed by atoms with E-state index in [0.29, 0.717) is 5.82 Å². The van der Waals surface area contributed by atoms with Crippen LogP contribution in [0.1, 0.15) is 17.2 Å². The molecule has 1 atom stereocenters. The van der Waals surface area contributed by atoms with Crippen LogP contribution in [0.2, 0.25) is 0 Å². The molecule has 2 rings (SSSR count). The molecular weight excluding hydrogens is 329 g/mol. The lowest BCUT2D eigenvalue weighted by Gasteiger charge is -2.15. The summed E-state index contributed by atoms with van der Waals surface area (Å²) in [5.74, 6) is 6.12. The average Bonchev–Trinajstić information content (AvgIpc) is 2.75. The molecule has 0 aliphatic rings. The van der Waals surface area contributed by atoms with Crippen LogP contribution in [-0.2, 0) is 6.42 Å². The minimum atomic E-state index is -0.0335. The number of rotatable bonds is 4. The van der Waals surface area contributed by atoms with Crippen LogP contribution in [0, 0.1) is 3.57 Å². The Bertz CT molecular complexity index is 479. The Kier molecular flexibility index (Phi) is 3.97. The van der Waals surface area contributed by atoms with E-state index in [1.165, 1.54) is 9.13 Å². The van der Waals surface area contributed by atoms with Gasteiger partial charge >= 0.3 is 0 Å². The van der Waals surface area contributed by atoms with E-state index >= 15 is 0 Å². The Hall–Kier alpha value is -1.12. The van der Waals surface area contributed by atoms with Crippen molar-refractivity contribution in [3.63, 3.8) is 0 Å². The standard InChI is InChI=1S/C11H14IN5/c12-8-3-1-7(2-4-8)5-10(16-14)9-6-15-17-11(9)13/h1-4,6,10,16H,5,14H2,(H3,13,15,17). The molecule has 1 unspecified atom stereocenters. The SMILES string of the molecule is NNC(Cc1ccc(I)cc1)c1cn[nH]c1N. The molecule has 1 aromatic carbocycles. The summed E-state index contributed by atoms with van der Waals surface area (Å²) in [7, 11) is 0. The van der Waals surface area contributed by atoms with Crippen LogP contribution >= 0.6 is 22.6 Å². The van der Waals surface area contributed by atoms with Gasteiger partial charge < -0.3 is 5.73 Å². The zero-order valence-electron chi connectivity index (χ0n) is 9.15. The van der Waals surface area contributed by atoms with Crippen molar-refractivity contribution in [1.29, 1.82) is 0 Å². The molecule has 6 N–H and O–H groups in total. The van der Waals surface area contributed by atoms with Crippen LogP contribution in [0.4, 0.5) is 5.82 Å². The van der Waals surface area contributed by atoms with Crippen molar-refractivity contribution >= 4 is 28.4 Å². The number of hydrogen-bond acceptors (Lipinski definition) is 4. The first-order valence-corrected chi connectivity index (χ1v) is 6.28. The summed E-state index contributed by atoms with van der Waals surface area (Å²) in [5.41, 5.74) is 10.6. The molecule has 0 saturated carbocycles. The molecule has 0 aliphatic heterocycles. The second-order valence-electron chi connectivity index (χ2n) is 3.79. The monoisotopic (exact) mass is 343 g/mol. The maximum atomic E-state index is 5.78. The third-order valence-electron chi connectivity index (χ3n) is 2.63. The van der Waals surface area contributed by atoms with Crippen molar-refractivity contribution in [3.05, 3.63) is 45.2 Å². The lowest BCUT2D eigenvalue weighted by molar-refractivity contribution is 0.553. The molecule has 0 bridgehead atoms. The van der Waals surface area contributed by atoms with Crippen molar-refractivity contribution in [2.45, 2.75) is 12.5 Å². The number of benzene rings is 1. The largest absolute Gasteiger partial charge is 0.384 e. The molecule has 0 radical (unpaired) electrons. The van der Waals surface area contributed by atoms with E-state index in [0.717, 1.165) is 12.0 Å². The molecule has 17 heavy (non-hydrogen) atoms. The normalized spacial score (nSPS) is 12.6. The molecule has 90 valence electrons. The van der Waals surface area contributed by atoms with E-state index in [4.69, 9.17) is 11.6 Å². The molecule has 0 fully saturated rings. The van der Waals surface area contributed by atoms with Crippen molar-refractivity contribution in [3.8, 4) is 0 Å². The van der Waals surface area contributed by atoms with Gasteiger partial charge in [-0.2, -0.15) is 5.10 Å². The van der Waals surface area contributed by atoms with Crippen molar-refractivity contribution < 1.29 is 0 Å². The highest BCUT2D eigenvalue weighted by molar-refractivity contribution is 14.1. The van der Waals surface area contributed by atoms with Crippen LogP contribution < -0.4 is 17.0 Å². The summed E-state index contributed by atoms with van der Waals surface area (Å²) in [6, 6.07) is 8.28. The fraction of sp³-hybridized carbons (Fsp3) is 0.182. The Labute approximate surface area is 113 Å². The molecule has 1 aromatic heterocycles. The first kappa shape index (κ1) is 12.3. The molecule has 5 nitrogen and oxygen atoms in total. The van der Waals surface area contributed by atoms with Gasteiger partial charge in [-0.15, -0.1) is 0 Å². The number of hydrogen-bond donors (Lipinski definition) is 4. The fourth-order valence-electron chi connectivity index (χ4n) is 1.70. The predicted octanol–water partition coefficient (Wildman–Crippen LogP) is 1.34. The molecule has 1 heterocycles. The number of anilines is 1. The van der Waals surface area contributed by atoms with Gasteiger partial charge in [-0.3, -0.25) is 16.4 Å². The number of aromatic nitrogens is 2. The number of halogens is 1. The van der Waals surface area contributed by atoms with Gasteiger partial charge in [0.05, 0.1) is 12.2 Å². The molecule has 0 amide bonds. The number of nitrogen functional groups attached to an aromatic ring is 1. The summed E-state index contributed by atoms with van der Waals surface area (Å²) in [4.78, 5) is 0. The van der Waals surface area contributed by atoms with Crippen LogP contribution in [-0.4, -0.2) is 10.2 Å². The van der Waals surface area contributed by atoms with E-state index in [1.54, 1.807) is 6.20 Å². The quantitative estimate of drug-likeness (QED) is 0.383. The van der Waals surface area contributed by atoms with E-state index in [9.17, 15) is 0 Å². The summed E-state index contributed by atoms with van der Waals surface area (Å²) < 4.78 is 1.21. The molecule has 2 aromatic rings. The zero-order chi connectivity index (χ0) is 12.3. The zero-order valence-corrected chi connectivity index (χ0v) is 11.3. The van der Waals surface area contributed by atoms with Gasteiger partial charge in [-0.05, 0) is 46.7 Å². The maximum Gasteiger partial charge on any atom is 0.123 e. The van der Waals surface area contributed by atoms with Crippen molar-refractivity contribution in [2.75, 3.05) is 5.73 Å². The van der Waals surface area contributed by atoms with Crippen LogP contribution in [0.25, 0.3) is 0 Å². The van der Waals surface area contributed by atoms with Gasteiger partial charge in [0.25, 0.3) is 0 Å². The summed E-state index contributed by atoms with van der Waals surface area (Å²) in [6.45, 7) is 0. The lowest BCUT2D eigenvalue weighted by Crippen LogP contribution is -2.29. The molecule has 0 saturated heterocycles. The van der Waals surface area contributed by atoms with E-state index < -0.39 is 0 Å². The summed E-state index contributed by atoms with van der Waals surface area (Å²) in [6.07, 6.45) is 2.48. The van der Waals surface area contributed by atoms with Gasteiger partial charge in [0.15, 0.2) is 0 Å². The summed E-state index contributed by atoms with van der Waals surface area (Å²) in [5, 5.41) is 6.61. The summed E-state index contributed by atoms with van der Waals surface area (Å²) >= 11 is 2.28. The van der Waals surface area contributed by atoms with E-state index in [2.05, 4.69) is 62.5 Å². The van der Waals surface area contributed by atoms with Crippen molar-refractivity contribution in [1.82, 2.24) is 15.6 Å². The Morgan fingerprint density at radius 1 is 1.35 bits per heavy atom. The van der Waals surface area contributed by atoms with Gasteiger partial charge in [-0.1, -0.05) is 12.1 Å². The van der Waals surface area contributed by atoms with Crippen LogP contribution in [0.5, 0.6) is 0 Å². The number of nitrogens with one attached hydrogen (secondary N) is 2. The number of aromatic amines is 1. The molecule has 0 spiro atoms. The minimum Gasteiger partial charge on any atom is -0.384 e. The van der Waals surface area contributed by atoms with Crippen LogP contribution in [0.3, 0.4) is 0 Å². The molecule has 6 heteroatoms. The molecular formula is C11H14IN5. The number of nitrogens with zero attached hydrogens (tertiary/aromatic N) is 1. The van der Waals surface area contributed by atoms with Crippen molar-refractivity contribution in [2.24, 2.45) is 5.84 Å². The highest BCUT2D eigenvalue weighted by atomic mass is 127. The van der Waals surface area contributed by atoms with Gasteiger partial charge in [0.1, 0.15) is 5.82 Å². The smallest absolute Gasteiger partial charge is 0.123 e. The first-order chi connectivity index (χ1) is 8.20. The number of hydrazine groups is 1. The topological polar surface area (TPSA) is 92.7 Å². The third-order valence-corrected chi connectivity index (χ3v) is 3.35. The highest BCUT2D eigenvalue weighted by Crippen LogP contribution is 2.21. The maximum absolute atomic E-state index is 5.78. The average molecular weight is 343 g/mol. The Morgan fingerprint density at radius 3 is 2.59 bits per heavy atom. The second-order valence-corrected chi connectivity index (χ2v) is 5.03. The second kappa shape index (κ2) is 5.48. The van der Waals surface area contributed by atoms with E-state index in [1.807, 2.05) is 0 Å².